The van der Waals surface area contributed by atoms with Gasteiger partial charge >= 0.3 is 11.9 Å². The molecule has 2 aromatic rings. The van der Waals surface area contributed by atoms with Gasteiger partial charge in [0.2, 0.25) is 11.8 Å². The summed E-state index contributed by atoms with van der Waals surface area (Å²) in [4.78, 5) is 66.0. The lowest BCUT2D eigenvalue weighted by Crippen LogP contribution is -2.63. The average Bonchev–Trinajstić information content (AvgIpc) is 2.94. The Balaban J connectivity index is 1.93. The number of piperazine rings is 1. The van der Waals surface area contributed by atoms with Gasteiger partial charge in [-0.1, -0.05) is 43.3 Å². The van der Waals surface area contributed by atoms with Crippen LogP contribution >= 0.6 is 0 Å². The Hall–Kier alpha value is -4.74. The van der Waals surface area contributed by atoms with Crippen LogP contribution in [0.25, 0.3) is 0 Å². The number of esters is 1. The number of carbonyl (C=O) groups excluding carboxylic acids is 4. The predicted molar refractivity (Wildman–Crippen MR) is 145 cm³/mol. The molecular formula is C28H33N5O7. The number of methoxy groups -OCH3 is 1. The standard InChI is InChI=1S/C28H33N5O7/c1-3-17-5-4-6-18(13-17)14-21(31-26(37)20-9-7-19(8-10-20)25(29)30)27(38)33-12-11-32(16-23(34)35)28(39)22(33)15-24(36)40-2/h4-10,13,21-22H,3,11-12,14-16H2,1-2H3,(H3,29,30)(H,31,37)(H,34,35)/t21-,22-/m0/s1. The number of hydrogen-bond donors (Lipinski definition) is 4. The first kappa shape index (κ1) is 29.8. The number of carbonyl (C=O) groups is 5. The van der Waals surface area contributed by atoms with Gasteiger partial charge in [0, 0.05) is 30.6 Å². The number of nitrogens with one attached hydrogen (secondary N) is 2. The molecule has 2 atom stereocenters. The Morgan fingerprint density at radius 1 is 1.10 bits per heavy atom. The average molecular weight is 552 g/mol. The van der Waals surface area contributed by atoms with Crippen molar-refractivity contribution in [3.8, 4) is 0 Å². The van der Waals surface area contributed by atoms with Crippen molar-refractivity contribution >= 4 is 35.5 Å². The summed E-state index contributed by atoms with van der Waals surface area (Å²) in [5, 5.41) is 19.5. The number of rotatable bonds is 11. The molecule has 1 heterocycles. The molecule has 3 rings (SSSR count). The van der Waals surface area contributed by atoms with Crippen LogP contribution in [0.15, 0.2) is 48.5 Å². The maximum absolute atomic E-state index is 13.9. The molecule has 12 heteroatoms. The molecule has 5 N–H and O–H groups in total. The van der Waals surface area contributed by atoms with Crippen molar-refractivity contribution < 1.29 is 33.8 Å². The van der Waals surface area contributed by atoms with Gasteiger partial charge in [-0.2, -0.15) is 0 Å². The van der Waals surface area contributed by atoms with Crippen molar-refractivity contribution in [3.63, 3.8) is 0 Å². The molecule has 1 saturated heterocycles. The zero-order valence-corrected chi connectivity index (χ0v) is 22.4. The highest BCUT2D eigenvalue weighted by atomic mass is 16.5. The van der Waals surface area contributed by atoms with Gasteiger partial charge in [0.15, 0.2) is 0 Å². The molecule has 0 radical (unpaired) electrons. The molecule has 1 aliphatic heterocycles. The number of aryl methyl sites for hydroxylation is 1. The van der Waals surface area contributed by atoms with E-state index in [1.807, 2.05) is 31.2 Å². The summed E-state index contributed by atoms with van der Waals surface area (Å²) in [5.41, 5.74) is 7.98. The molecule has 0 aliphatic carbocycles. The first-order valence-corrected chi connectivity index (χ1v) is 12.7. The van der Waals surface area contributed by atoms with Crippen LogP contribution in [-0.2, 0) is 36.8 Å². The number of carboxylic acids is 1. The van der Waals surface area contributed by atoms with Gasteiger partial charge in [-0.15, -0.1) is 0 Å². The van der Waals surface area contributed by atoms with Crippen LogP contribution < -0.4 is 11.1 Å². The molecule has 0 unspecified atom stereocenters. The molecule has 0 bridgehead atoms. The highest BCUT2D eigenvalue weighted by Crippen LogP contribution is 2.19. The fourth-order valence-electron chi connectivity index (χ4n) is 4.52. The van der Waals surface area contributed by atoms with Crippen molar-refractivity contribution in [3.05, 3.63) is 70.8 Å². The molecule has 1 aliphatic rings. The Kier molecular flexibility index (Phi) is 9.96. The van der Waals surface area contributed by atoms with Gasteiger partial charge in [0.05, 0.1) is 13.5 Å². The third kappa shape index (κ3) is 7.43. The number of nitrogens with two attached hydrogens (primary N) is 1. The summed E-state index contributed by atoms with van der Waals surface area (Å²) in [5.74, 6) is -3.95. The van der Waals surface area contributed by atoms with E-state index in [9.17, 15) is 29.1 Å². The first-order chi connectivity index (χ1) is 19.0. The highest BCUT2D eigenvalue weighted by molar-refractivity contribution is 6.01. The molecule has 212 valence electrons. The molecule has 2 aromatic carbocycles. The fraction of sp³-hybridized carbons (Fsp3) is 0.357. The maximum Gasteiger partial charge on any atom is 0.323 e. The van der Waals surface area contributed by atoms with Crippen molar-refractivity contribution in [2.45, 2.75) is 38.3 Å². The third-order valence-electron chi connectivity index (χ3n) is 6.68. The third-order valence-corrected chi connectivity index (χ3v) is 6.68. The second kappa shape index (κ2) is 13.4. The second-order valence-electron chi connectivity index (χ2n) is 9.38. The van der Waals surface area contributed by atoms with Gasteiger partial charge in [-0.25, -0.2) is 0 Å². The molecule has 40 heavy (non-hydrogen) atoms. The number of carboxylic acid groups (broad SMARTS) is 1. The number of hydrogen-bond acceptors (Lipinski definition) is 7. The number of ether oxygens (including phenoxy) is 1. The van der Waals surface area contributed by atoms with E-state index in [1.54, 1.807) is 0 Å². The van der Waals surface area contributed by atoms with E-state index in [2.05, 4.69) is 5.32 Å². The summed E-state index contributed by atoms with van der Waals surface area (Å²) < 4.78 is 4.72. The smallest absolute Gasteiger partial charge is 0.323 e. The Bertz CT molecular complexity index is 1290. The SMILES string of the molecule is CCc1cccc(C[C@H](NC(=O)c2ccc(C(=N)N)cc2)C(=O)N2CCN(CC(=O)O)C(=O)[C@@H]2CC(=O)OC)c1. The van der Waals surface area contributed by atoms with Crippen LogP contribution in [0.5, 0.6) is 0 Å². The summed E-state index contributed by atoms with van der Waals surface area (Å²) in [6.07, 6.45) is 0.413. The van der Waals surface area contributed by atoms with Crippen LogP contribution in [-0.4, -0.2) is 89.2 Å². The van der Waals surface area contributed by atoms with E-state index in [0.29, 0.717) is 5.56 Å². The molecule has 3 amide bonds. The summed E-state index contributed by atoms with van der Waals surface area (Å²) in [6.45, 7) is 1.34. The van der Waals surface area contributed by atoms with Gasteiger partial charge in [0.1, 0.15) is 24.5 Å². The predicted octanol–water partition coefficient (Wildman–Crippen LogP) is 0.561. The van der Waals surface area contributed by atoms with Crippen molar-refractivity contribution in [1.82, 2.24) is 15.1 Å². The van der Waals surface area contributed by atoms with Gasteiger partial charge in [-0.05, 0) is 29.7 Å². The second-order valence-corrected chi connectivity index (χ2v) is 9.38. The van der Waals surface area contributed by atoms with Crippen molar-refractivity contribution in [1.29, 1.82) is 5.41 Å². The molecule has 0 spiro atoms. The number of aliphatic carboxylic acids is 1. The van der Waals surface area contributed by atoms with Crippen LogP contribution in [0, 0.1) is 5.41 Å². The summed E-state index contributed by atoms with van der Waals surface area (Å²) in [6, 6.07) is 11.2. The topological polar surface area (TPSA) is 183 Å². The monoisotopic (exact) mass is 551 g/mol. The lowest BCUT2D eigenvalue weighted by molar-refractivity contribution is -0.159. The minimum absolute atomic E-state index is 0.0335. The van der Waals surface area contributed by atoms with E-state index < -0.39 is 54.7 Å². The Morgan fingerprint density at radius 2 is 1.75 bits per heavy atom. The van der Waals surface area contributed by atoms with Crippen LogP contribution in [0.3, 0.4) is 0 Å². The lowest BCUT2D eigenvalue weighted by Gasteiger charge is -2.41. The zero-order valence-electron chi connectivity index (χ0n) is 22.4. The lowest BCUT2D eigenvalue weighted by atomic mass is 9.99. The largest absolute Gasteiger partial charge is 0.480 e. The quantitative estimate of drug-likeness (QED) is 0.177. The van der Waals surface area contributed by atoms with E-state index in [0.717, 1.165) is 29.6 Å². The number of amidine groups is 1. The first-order valence-electron chi connectivity index (χ1n) is 12.7. The fourth-order valence-corrected chi connectivity index (χ4v) is 4.52. The van der Waals surface area contributed by atoms with E-state index in [1.165, 1.54) is 29.2 Å². The number of nitrogens with zero attached hydrogens (tertiary/aromatic N) is 2. The van der Waals surface area contributed by atoms with E-state index in [4.69, 9.17) is 15.9 Å². The zero-order chi connectivity index (χ0) is 29.4. The number of benzene rings is 2. The Labute approximate surface area is 231 Å². The van der Waals surface area contributed by atoms with Gasteiger partial charge in [-0.3, -0.25) is 29.4 Å². The number of amides is 3. The maximum atomic E-state index is 13.9. The van der Waals surface area contributed by atoms with Gasteiger partial charge in [0.25, 0.3) is 5.91 Å². The number of nitrogen functional groups attached to an aromatic ring is 1. The van der Waals surface area contributed by atoms with Crippen molar-refractivity contribution in [2.24, 2.45) is 5.73 Å². The summed E-state index contributed by atoms with van der Waals surface area (Å²) >= 11 is 0. The van der Waals surface area contributed by atoms with Crippen LogP contribution in [0.2, 0.25) is 0 Å². The van der Waals surface area contributed by atoms with Gasteiger partial charge < -0.3 is 30.7 Å². The van der Waals surface area contributed by atoms with E-state index >= 15 is 0 Å². The molecular weight excluding hydrogens is 518 g/mol. The normalized spacial score (nSPS) is 15.8. The van der Waals surface area contributed by atoms with Crippen LogP contribution in [0.4, 0.5) is 0 Å². The highest BCUT2D eigenvalue weighted by Gasteiger charge is 2.41. The Morgan fingerprint density at radius 3 is 2.35 bits per heavy atom. The van der Waals surface area contributed by atoms with Crippen molar-refractivity contribution in [2.75, 3.05) is 26.7 Å². The molecule has 0 aromatic heterocycles. The molecule has 1 fully saturated rings. The molecule has 12 nitrogen and oxygen atoms in total. The summed E-state index contributed by atoms with van der Waals surface area (Å²) in [7, 11) is 1.15. The molecule has 0 saturated carbocycles. The minimum Gasteiger partial charge on any atom is -0.480 e. The minimum atomic E-state index is -1.29. The van der Waals surface area contributed by atoms with E-state index in [-0.39, 0.29) is 30.9 Å². The van der Waals surface area contributed by atoms with Crippen LogP contribution in [0.1, 0.15) is 40.4 Å².